The molecule has 0 aliphatic carbocycles. The monoisotopic (exact) mass is 261 g/mol. The van der Waals surface area contributed by atoms with E-state index in [2.05, 4.69) is 54.2 Å². The van der Waals surface area contributed by atoms with Gasteiger partial charge in [-0.15, -0.1) is 0 Å². The number of piperazine rings is 1. The molecule has 1 N–H and O–H groups in total. The number of hydrogen-bond acceptors (Lipinski definition) is 3. The van der Waals surface area contributed by atoms with Crippen LogP contribution in [0.25, 0.3) is 0 Å². The van der Waals surface area contributed by atoms with Gasteiger partial charge in [-0.3, -0.25) is 4.90 Å². The molecule has 0 aromatic heterocycles. The first-order valence-corrected chi connectivity index (χ1v) is 7.32. The van der Waals surface area contributed by atoms with Crippen LogP contribution >= 0.6 is 0 Å². The van der Waals surface area contributed by atoms with E-state index in [1.165, 1.54) is 49.4 Å². The van der Waals surface area contributed by atoms with Gasteiger partial charge in [0, 0.05) is 45.8 Å². The van der Waals surface area contributed by atoms with E-state index >= 15 is 0 Å². The molecular weight excluding hydrogens is 234 g/mol. The van der Waals surface area contributed by atoms with Crippen LogP contribution in [0.15, 0.2) is 18.2 Å². The van der Waals surface area contributed by atoms with Crippen molar-refractivity contribution in [2.45, 2.75) is 20.4 Å². The lowest BCUT2D eigenvalue weighted by Gasteiger charge is -2.32. The van der Waals surface area contributed by atoms with Crippen LogP contribution in [0.5, 0.6) is 0 Å². The molecule has 0 saturated carbocycles. The molecule has 0 bridgehead atoms. The summed E-state index contributed by atoms with van der Waals surface area (Å²) in [6.45, 7) is 12.4. The Bertz CT molecular complexity index is 375. The highest BCUT2D eigenvalue weighted by molar-refractivity contribution is 5.28. The summed E-state index contributed by atoms with van der Waals surface area (Å²) >= 11 is 0. The predicted octanol–water partition coefficient (Wildman–Crippen LogP) is 1.64. The Morgan fingerprint density at radius 1 is 1.00 bits per heavy atom. The second-order valence-corrected chi connectivity index (χ2v) is 5.82. The van der Waals surface area contributed by atoms with Gasteiger partial charge in [0.2, 0.25) is 0 Å². The molecule has 1 saturated heterocycles. The largest absolute Gasteiger partial charge is 0.311 e. The molecule has 1 heterocycles. The first kappa shape index (κ1) is 14.5. The molecule has 1 aliphatic rings. The highest BCUT2D eigenvalue weighted by Crippen LogP contribution is 2.08. The zero-order valence-corrected chi connectivity index (χ0v) is 12.6. The second-order valence-electron chi connectivity index (χ2n) is 5.82. The van der Waals surface area contributed by atoms with Gasteiger partial charge in [-0.05, 0) is 26.5 Å². The van der Waals surface area contributed by atoms with Crippen molar-refractivity contribution >= 4 is 0 Å². The van der Waals surface area contributed by atoms with Gasteiger partial charge in [-0.1, -0.05) is 29.3 Å². The highest BCUT2D eigenvalue weighted by Gasteiger charge is 2.12. The summed E-state index contributed by atoms with van der Waals surface area (Å²) in [5.74, 6) is 0. The Kier molecular flexibility index (Phi) is 5.37. The normalized spacial score (nSPS) is 17.8. The van der Waals surface area contributed by atoms with Crippen LogP contribution in [0.4, 0.5) is 0 Å². The molecule has 0 spiro atoms. The molecule has 0 amide bonds. The second kappa shape index (κ2) is 7.04. The van der Waals surface area contributed by atoms with E-state index < -0.39 is 0 Å². The first-order chi connectivity index (χ1) is 9.13. The average molecular weight is 261 g/mol. The summed E-state index contributed by atoms with van der Waals surface area (Å²) in [7, 11) is 2.20. The summed E-state index contributed by atoms with van der Waals surface area (Å²) < 4.78 is 0. The zero-order valence-electron chi connectivity index (χ0n) is 12.6. The third-order valence-corrected chi connectivity index (χ3v) is 3.81. The van der Waals surface area contributed by atoms with Gasteiger partial charge in [0.25, 0.3) is 0 Å². The van der Waals surface area contributed by atoms with E-state index in [1.807, 2.05) is 0 Å². The number of likely N-dealkylation sites (N-methyl/N-ethyl adjacent to an activating group) is 1. The van der Waals surface area contributed by atoms with Crippen LogP contribution < -0.4 is 5.32 Å². The summed E-state index contributed by atoms with van der Waals surface area (Å²) in [6, 6.07) is 6.78. The Labute approximate surface area is 117 Å². The van der Waals surface area contributed by atoms with Gasteiger partial charge in [0.15, 0.2) is 0 Å². The van der Waals surface area contributed by atoms with E-state index in [0.717, 1.165) is 13.1 Å². The lowest BCUT2D eigenvalue weighted by Crippen LogP contribution is -2.46. The van der Waals surface area contributed by atoms with E-state index in [1.54, 1.807) is 0 Å². The Balaban J connectivity index is 1.66. The summed E-state index contributed by atoms with van der Waals surface area (Å²) in [5.41, 5.74) is 4.11. The molecule has 2 rings (SSSR count). The van der Waals surface area contributed by atoms with Gasteiger partial charge in [-0.2, -0.15) is 0 Å². The third kappa shape index (κ3) is 4.94. The number of rotatable bonds is 5. The smallest absolute Gasteiger partial charge is 0.0206 e. The molecule has 19 heavy (non-hydrogen) atoms. The summed E-state index contributed by atoms with van der Waals surface area (Å²) in [5, 5.41) is 3.56. The Morgan fingerprint density at radius 2 is 1.63 bits per heavy atom. The van der Waals surface area contributed by atoms with E-state index in [0.29, 0.717) is 0 Å². The average Bonchev–Trinajstić information content (AvgIpc) is 2.36. The maximum absolute atomic E-state index is 3.56. The first-order valence-electron chi connectivity index (χ1n) is 7.32. The van der Waals surface area contributed by atoms with Crippen molar-refractivity contribution in [1.29, 1.82) is 0 Å². The SMILES string of the molecule is Cc1cc(C)cc(CNCCN2CCN(C)CC2)c1. The number of nitrogens with zero attached hydrogens (tertiary/aromatic N) is 2. The van der Waals surface area contributed by atoms with Crippen molar-refractivity contribution in [3.05, 3.63) is 34.9 Å². The van der Waals surface area contributed by atoms with Crippen molar-refractivity contribution in [2.75, 3.05) is 46.3 Å². The lowest BCUT2D eigenvalue weighted by molar-refractivity contribution is 0.154. The number of nitrogens with one attached hydrogen (secondary N) is 1. The molecule has 106 valence electrons. The number of hydrogen-bond donors (Lipinski definition) is 1. The highest BCUT2D eigenvalue weighted by atomic mass is 15.2. The van der Waals surface area contributed by atoms with Crippen molar-refractivity contribution in [3.8, 4) is 0 Å². The maximum atomic E-state index is 3.56. The third-order valence-electron chi connectivity index (χ3n) is 3.81. The van der Waals surface area contributed by atoms with Crippen LogP contribution in [0, 0.1) is 13.8 Å². The summed E-state index contributed by atoms with van der Waals surface area (Å²) in [4.78, 5) is 4.95. The fourth-order valence-corrected chi connectivity index (χ4v) is 2.71. The molecule has 1 aromatic rings. The predicted molar refractivity (Wildman–Crippen MR) is 81.6 cm³/mol. The van der Waals surface area contributed by atoms with E-state index in [4.69, 9.17) is 0 Å². The van der Waals surface area contributed by atoms with Crippen molar-refractivity contribution in [2.24, 2.45) is 0 Å². The number of aryl methyl sites for hydroxylation is 2. The van der Waals surface area contributed by atoms with Crippen molar-refractivity contribution < 1.29 is 0 Å². The minimum Gasteiger partial charge on any atom is -0.311 e. The zero-order chi connectivity index (χ0) is 13.7. The standard InChI is InChI=1S/C16H27N3/c1-14-10-15(2)12-16(11-14)13-17-4-5-19-8-6-18(3)7-9-19/h10-12,17H,4-9,13H2,1-3H3. The fourth-order valence-electron chi connectivity index (χ4n) is 2.71. The molecule has 1 fully saturated rings. The molecule has 0 atom stereocenters. The molecule has 1 aromatic carbocycles. The van der Waals surface area contributed by atoms with Crippen LogP contribution in [0.3, 0.4) is 0 Å². The van der Waals surface area contributed by atoms with Crippen molar-refractivity contribution in [1.82, 2.24) is 15.1 Å². The van der Waals surface area contributed by atoms with Gasteiger partial charge in [0.05, 0.1) is 0 Å². The van der Waals surface area contributed by atoms with Crippen LogP contribution in [-0.2, 0) is 6.54 Å². The molecule has 0 radical (unpaired) electrons. The van der Waals surface area contributed by atoms with Gasteiger partial charge in [0.1, 0.15) is 0 Å². The topological polar surface area (TPSA) is 18.5 Å². The fraction of sp³-hybridized carbons (Fsp3) is 0.625. The molecule has 3 heteroatoms. The van der Waals surface area contributed by atoms with Gasteiger partial charge < -0.3 is 10.2 Å². The van der Waals surface area contributed by atoms with Gasteiger partial charge >= 0.3 is 0 Å². The molecule has 1 aliphatic heterocycles. The lowest BCUT2D eigenvalue weighted by atomic mass is 10.1. The van der Waals surface area contributed by atoms with Crippen LogP contribution in [-0.4, -0.2) is 56.1 Å². The Hall–Kier alpha value is -0.900. The minimum atomic E-state index is 0.982. The molecule has 0 unspecified atom stereocenters. The number of benzene rings is 1. The quantitative estimate of drug-likeness (QED) is 0.813. The summed E-state index contributed by atoms with van der Waals surface area (Å²) in [6.07, 6.45) is 0. The van der Waals surface area contributed by atoms with Gasteiger partial charge in [-0.25, -0.2) is 0 Å². The van der Waals surface area contributed by atoms with Crippen molar-refractivity contribution in [3.63, 3.8) is 0 Å². The minimum absolute atomic E-state index is 0.982. The van der Waals surface area contributed by atoms with E-state index in [9.17, 15) is 0 Å². The van der Waals surface area contributed by atoms with Crippen LogP contribution in [0.2, 0.25) is 0 Å². The van der Waals surface area contributed by atoms with E-state index in [-0.39, 0.29) is 0 Å². The Morgan fingerprint density at radius 3 is 2.26 bits per heavy atom. The van der Waals surface area contributed by atoms with Crippen LogP contribution in [0.1, 0.15) is 16.7 Å². The molecular formula is C16H27N3. The molecule has 3 nitrogen and oxygen atoms in total. The maximum Gasteiger partial charge on any atom is 0.0206 e.